The van der Waals surface area contributed by atoms with E-state index < -0.39 is 0 Å². The molecule has 0 unspecified atom stereocenters. The van der Waals surface area contributed by atoms with E-state index in [-0.39, 0.29) is 5.91 Å². The highest BCUT2D eigenvalue weighted by molar-refractivity contribution is 5.75. The van der Waals surface area contributed by atoms with Crippen molar-refractivity contribution in [3.63, 3.8) is 0 Å². The summed E-state index contributed by atoms with van der Waals surface area (Å²) in [6, 6.07) is 8.03. The molecule has 1 aromatic carbocycles. The van der Waals surface area contributed by atoms with Gasteiger partial charge in [-0.15, -0.1) is 0 Å². The van der Waals surface area contributed by atoms with Crippen molar-refractivity contribution in [2.24, 2.45) is 0 Å². The van der Waals surface area contributed by atoms with E-state index in [0.717, 1.165) is 24.2 Å². The molecule has 0 heterocycles. The zero-order chi connectivity index (χ0) is 14.2. The number of hydrogen-bond donors (Lipinski definition) is 1. The number of carbonyl (C=O) groups excluding carboxylic acids is 1. The number of nitrogens with one attached hydrogen (secondary N) is 1. The third-order valence-electron chi connectivity index (χ3n) is 3.47. The minimum Gasteiger partial charge on any atom is -0.490 e. The Kier molecular flexibility index (Phi) is 5.87. The molecule has 1 aliphatic rings. The van der Waals surface area contributed by atoms with Crippen molar-refractivity contribution in [2.45, 2.75) is 51.6 Å². The molecule has 20 heavy (non-hydrogen) atoms. The molecular formula is C16H23NO3. The molecule has 1 aliphatic carbocycles. The van der Waals surface area contributed by atoms with Crippen molar-refractivity contribution in [1.82, 2.24) is 5.48 Å². The highest BCUT2D eigenvalue weighted by Crippen LogP contribution is 2.24. The number of aryl methyl sites for hydroxylation is 1. The van der Waals surface area contributed by atoms with Crippen LogP contribution in [0.15, 0.2) is 24.3 Å². The van der Waals surface area contributed by atoms with Gasteiger partial charge in [0.25, 0.3) is 0 Å². The Bertz CT molecular complexity index is 427. The number of rotatable bonds is 7. The first-order valence-corrected chi connectivity index (χ1v) is 7.44. The number of benzene rings is 1. The van der Waals surface area contributed by atoms with Crippen molar-refractivity contribution < 1.29 is 14.4 Å². The van der Waals surface area contributed by atoms with Gasteiger partial charge in [0.05, 0.1) is 12.7 Å². The highest BCUT2D eigenvalue weighted by atomic mass is 16.6. The van der Waals surface area contributed by atoms with Crippen LogP contribution in [0.5, 0.6) is 5.75 Å². The molecule has 0 bridgehead atoms. The highest BCUT2D eigenvalue weighted by Gasteiger charge is 2.16. The zero-order valence-corrected chi connectivity index (χ0v) is 12.1. The Labute approximate surface area is 120 Å². The summed E-state index contributed by atoms with van der Waals surface area (Å²) in [7, 11) is 0. The maximum absolute atomic E-state index is 11.5. The molecule has 0 atom stereocenters. The molecule has 1 aromatic rings. The fourth-order valence-electron chi connectivity index (χ4n) is 2.43. The van der Waals surface area contributed by atoms with E-state index in [1.807, 2.05) is 31.2 Å². The number of ether oxygens (including phenoxy) is 1. The SMILES string of the molecule is CCONC(=O)CCc1cccc(OC2CCCC2)c1. The first-order valence-electron chi connectivity index (χ1n) is 7.44. The maximum Gasteiger partial charge on any atom is 0.243 e. The lowest BCUT2D eigenvalue weighted by Crippen LogP contribution is -2.23. The standard InChI is InChI=1S/C16H23NO3/c1-2-19-17-16(18)11-10-13-6-5-9-15(12-13)20-14-7-3-4-8-14/h5-6,9,12,14H,2-4,7-8,10-11H2,1H3,(H,17,18). The summed E-state index contributed by atoms with van der Waals surface area (Å²) in [6.45, 7) is 2.32. The number of carbonyl (C=O) groups is 1. The van der Waals surface area contributed by atoms with Crippen LogP contribution in [0.2, 0.25) is 0 Å². The molecule has 0 radical (unpaired) electrons. The quantitative estimate of drug-likeness (QED) is 0.779. The summed E-state index contributed by atoms with van der Waals surface area (Å²) in [5.74, 6) is 0.827. The van der Waals surface area contributed by atoms with Crippen LogP contribution in [0.25, 0.3) is 0 Å². The molecule has 0 aliphatic heterocycles. The number of hydroxylamine groups is 1. The largest absolute Gasteiger partial charge is 0.490 e. The predicted octanol–water partition coefficient (Wildman–Crippen LogP) is 3.01. The van der Waals surface area contributed by atoms with Crippen LogP contribution >= 0.6 is 0 Å². The fraction of sp³-hybridized carbons (Fsp3) is 0.562. The average molecular weight is 277 g/mol. The first kappa shape index (κ1) is 14.9. The molecule has 2 rings (SSSR count). The van der Waals surface area contributed by atoms with Gasteiger partial charge in [-0.2, -0.15) is 0 Å². The van der Waals surface area contributed by atoms with E-state index in [0.29, 0.717) is 25.6 Å². The lowest BCUT2D eigenvalue weighted by Gasteiger charge is -2.13. The van der Waals surface area contributed by atoms with Crippen molar-refractivity contribution >= 4 is 5.91 Å². The van der Waals surface area contributed by atoms with Gasteiger partial charge in [0, 0.05) is 6.42 Å². The molecule has 1 saturated carbocycles. The molecular weight excluding hydrogens is 254 g/mol. The molecule has 1 fully saturated rings. The summed E-state index contributed by atoms with van der Waals surface area (Å²) in [5, 5.41) is 0. The molecule has 1 amide bonds. The Morgan fingerprint density at radius 2 is 2.15 bits per heavy atom. The van der Waals surface area contributed by atoms with E-state index in [1.165, 1.54) is 12.8 Å². The Balaban J connectivity index is 1.81. The van der Waals surface area contributed by atoms with Gasteiger partial charge in [0.2, 0.25) is 5.91 Å². The van der Waals surface area contributed by atoms with Crippen molar-refractivity contribution in [3.8, 4) is 5.75 Å². The molecule has 0 saturated heterocycles. The van der Waals surface area contributed by atoms with Gasteiger partial charge in [-0.05, 0) is 56.7 Å². The first-order chi connectivity index (χ1) is 9.78. The summed E-state index contributed by atoms with van der Waals surface area (Å²) in [5.41, 5.74) is 3.52. The van der Waals surface area contributed by atoms with Gasteiger partial charge in [-0.1, -0.05) is 12.1 Å². The molecule has 4 nitrogen and oxygen atoms in total. The van der Waals surface area contributed by atoms with Gasteiger partial charge < -0.3 is 4.74 Å². The van der Waals surface area contributed by atoms with Crippen LogP contribution < -0.4 is 10.2 Å². The van der Waals surface area contributed by atoms with Crippen LogP contribution in [0.1, 0.15) is 44.6 Å². The molecule has 1 N–H and O–H groups in total. The van der Waals surface area contributed by atoms with Crippen molar-refractivity contribution in [3.05, 3.63) is 29.8 Å². The molecule has 4 heteroatoms. The van der Waals surface area contributed by atoms with Gasteiger partial charge in [0.1, 0.15) is 5.75 Å². The van der Waals surface area contributed by atoms with E-state index in [2.05, 4.69) is 5.48 Å². The van der Waals surface area contributed by atoms with Crippen molar-refractivity contribution in [2.75, 3.05) is 6.61 Å². The van der Waals surface area contributed by atoms with E-state index in [9.17, 15) is 4.79 Å². The summed E-state index contributed by atoms with van der Waals surface area (Å²) in [4.78, 5) is 16.3. The van der Waals surface area contributed by atoms with E-state index >= 15 is 0 Å². The number of amides is 1. The van der Waals surface area contributed by atoms with Gasteiger partial charge in [-0.25, -0.2) is 5.48 Å². The predicted molar refractivity (Wildman–Crippen MR) is 77.4 cm³/mol. The summed E-state index contributed by atoms with van der Waals surface area (Å²) < 4.78 is 5.96. The monoisotopic (exact) mass is 277 g/mol. The smallest absolute Gasteiger partial charge is 0.243 e. The summed E-state index contributed by atoms with van der Waals surface area (Å²) >= 11 is 0. The average Bonchev–Trinajstić information content (AvgIpc) is 2.96. The number of hydrogen-bond acceptors (Lipinski definition) is 3. The van der Waals surface area contributed by atoms with Gasteiger partial charge in [0.15, 0.2) is 0 Å². The second kappa shape index (κ2) is 7.90. The third kappa shape index (κ3) is 4.85. The molecule has 110 valence electrons. The Morgan fingerprint density at radius 3 is 2.90 bits per heavy atom. The second-order valence-corrected chi connectivity index (χ2v) is 5.13. The third-order valence-corrected chi connectivity index (χ3v) is 3.47. The van der Waals surface area contributed by atoms with Crippen LogP contribution in [0, 0.1) is 0 Å². The topological polar surface area (TPSA) is 47.6 Å². The molecule has 0 spiro atoms. The lowest BCUT2D eigenvalue weighted by molar-refractivity contribution is -0.133. The van der Waals surface area contributed by atoms with Gasteiger partial charge >= 0.3 is 0 Å². The second-order valence-electron chi connectivity index (χ2n) is 5.13. The van der Waals surface area contributed by atoms with E-state index in [4.69, 9.17) is 9.57 Å². The van der Waals surface area contributed by atoms with Crippen molar-refractivity contribution in [1.29, 1.82) is 0 Å². The maximum atomic E-state index is 11.5. The van der Waals surface area contributed by atoms with Crippen LogP contribution in [-0.4, -0.2) is 18.6 Å². The Hall–Kier alpha value is -1.55. The molecule has 0 aromatic heterocycles. The van der Waals surface area contributed by atoms with Crippen LogP contribution in [-0.2, 0) is 16.1 Å². The normalized spacial score (nSPS) is 15.2. The van der Waals surface area contributed by atoms with Crippen LogP contribution in [0.3, 0.4) is 0 Å². The minimum absolute atomic E-state index is 0.0889. The Morgan fingerprint density at radius 1 is 1.35 bits per heavy atom. The lowest BCUT2D eigenvalue weighted by atomic mass is 10.1. The van der Waals surface area contributed by atoms with E-state index in [1.54, 1.807) is 0 Å². The summed E-state index contributed by atoms with van der Waals surface area (Å²) in [6.07, 6.45) is 6.33. The minimum atomic E-state index is -0.0889. The fourth-order valence-corrected chi connectivity index (χ4v) is 2.43. The zero-order valence-electron chi connectivity index (χ0n) is 12.1. The van der Waals surface area contributed by atoms with Crippen LogP contribution in [0.4, 0.5) is 0 Å². The van der Waals surface area contributed by atoms with Gasteiger partial charge in [-0.3, -0.25) is 9.63 Å².